The average molecular weight is 356 g/mol. The highest BCUT2D eigenvalue weighted by Gasteiger charge is 2.23. The van der Waals surface area contributed by atoms with E-state index in [1.54, 1.807) is 11.8 Å². The fraction of sp³-hybridized carbons (Fsp3) is 0.529. The SMILES string of the molecule is O=C(O)CCC1CCCN(C(=O)CSCc2cccc(Cl)c2)C1. The molecule has 2 rings (SSSR count). The van der Waals surface area contributed by atoms with Gasteiger partial charge in [0.1, 0.15) is 0 Å². The maximum absolute atomic E-state index is 12.3. The van der Waals surface area contributed by atoms with E-state index in [9.17, 15) is 9.59 Å². The lowest BCUT2D eigenvalue weighted by Crippen LogP contribution is -2.41. The highest BCUT2D eigenvalue weighted by molar-refractivity contribution is 7.99. The molecule has 126 valence electrons. The van der Waals surface area contributed by atoms with Gasteiger partial charge in [0.15, 0.2) is 0 Å². The van der Waals surface area contributed by atoms with Crippen molar-refractivity contribution in [1.29, 1.82) is 0 Å². The summed E-state index contributed by atoms with van der Waals surface area (Å²) in [6, 6.07) is 7.68. The largest absolute Gasteiger partial charge is 0.481 e. The standard InChI is InChI=1S/C17H22ClNO3S/c18-15-5-1-3-14(9-15)11-23-12-16(20)19-8-2-4-13(10-19)6-7-17(21)22/h1,3,5,9,13H,2,4,6-8,10-12H2,(H,21,22). The number of hydrogen-bond acceptors (Lipinski definition) is 3. The summed E-state index contributed by atoms with van der Waals surface area (Å²) >= 11 is 7.54. The van der Waals surface area contributed by atoms with Crippen LogP contribution in [0.1, 0.15) is 31.2 Å². The van der Waals surface area contributed by atoms with E-state index in [0.717, 1.165) is 30.7 Å². The summed E-state index contributed by atoms with van der Waals surface area (Å²) in [4.78, 5) is 24.9. The van der Waals surface area contributed by atoms with Gasteiger partial charge in [0.25, 0.3) is 0 Å². The summed E-state index contributed by atoms with van der Waals surface area (Å²) in [5.41, 5.74) is 1.12. The number of carbonyl (C=O) groups excluding carboxylic acids is 1. The van der Waals surface area contributed by atoms with Crippen molar-refractivity contribution in [3.8, 4) is 0 Å². The maximum Gasteiger partial charge on any atom is 0.303 e. The molecule has 1 aliphatic heterocycles. The van der Waals surface area contributed by atoms with E-state index >= 15 is 0 Å². The van der Waals surface area contributed by atoms with Gasteiger partial charge in [0, 0.05) is 30.3 Å². The molecule has 0 saturated carbocycles. The topological polar surface area (TPSA) is 57.6 Å². The summed E-state index contributed by atoms with van der Waals surface area (Å²) in [5.74, 6) is 0.935. The molecule has 1 amide bonds. The van der Waals surface area contributed by atoms with Crippen molar-refractivity contribution >= 4 is 35.2 Å². The Morgan fingerprint density at radius 3 is 2.96 bits per heavy atom. The lowest BCUT2D eigenvalue weighted by atomic mass is 9.93. The summed E-state index contributed by atoms with van der Waals surface area (Å²) in [6.45, 7) is 1.49. The molecule has 1 saturated heterocycles. The zero-order valence-corrected chi connectivity index (χ0v) is 14.6. The van der Waals surface area contributed by atoms with E-state index in [2.05, 4.69) is 0 Å². The minimum atomic E-state index is -0.759. The second-order valence-electron chi connectivity index (χ2n) is 5.90. The molecule has 23 heavy (non-hydrogen) atoms. The second-order valence-corrected chi connectivity index (χ2v) is 7.33. The van der Waals surface area contributed by atoms with E-state index in [-0.39, 0.29) is 12.3 Å². The van der Waals surface area contributed by atoms with Gasteiger partial charge < -0.3 is 10.0 Å². The predicted octanol–water partition coefficient (Wildman–Crippen LogP) is 3.68. The minimum absolute atomic E-state index is 0.150. The van der Waals surface area contributed by atoms with Crippen LogP contribution >= 0.6 is 23.4 Å². The zero-order chi connectivity index (χ0) is 16.7. The van der Waals surface area contributed by atoms with Crippen molar-refractivity contribution in [1.82, 2.24) is 4.90 Å². The number of carbonyl (C=O) groups is 2. The molecule has 0 radical (unpaired) electrons. The number of thioether (sulfide) groups is 1. The Morgan fingerprint density at radius 1 is 1.39 bits per heavy atom. The van der Waals surface area contributed by atoms with Crippen molar-refractivity contribution in [2.45, 2.75) is 31.4 Å². The van der Waals surface area contributed by atoms with E-state index in [1.807, 2.05) is 29.2 Å². The number of rotatable bonds is 7. The third kappa shape index (κ3) is 6.43. The number of likely N-dealkylation sites (tertiary alicyclic amines) is 1. The van der Waals surface area contributed by atoms with Crippen LogP contribution in [-0.2, 0) is 15.3 Å². The number of aliphatic carboxylic acids is 1. The van der Waals surface area contributed by atoms with Gasteiger partial charge >= 0.3 is 5.97 Å². The number of nitrogens with zero attached hydrogens (tertiary/aromatic N) is 1. The summed E-state index contributed by atoms with van der Waals surface area (Å²) in [6.07, 6.45) is 2.84. The van der Waals surface area contributed by atoms with E-state index in [0.29, 0.717) is 29.7 Å². The molecule has 1 N–H and O–H groups in total. The lowest BCUT2D eigenvalue weighted by molar-refractivity contribution is -0.137. The third-order valence-corrected chi connectivity index (χ3v) is 5.25. The van der Waals surface area contributed by atoms with Crippen molar-refractivity contribution < 1.29 is 14.7 Å². The van der Waals surface area contributed by atoms with Crippen LogP contribution in [0.5, 0.6) is 0 Å². The Labute approximate surface area is 146 Å². The van der Waals surface area contributed by atoms with Gasteiger partial charge in [-0.1, -0.05) is 23.7 Å². The highest BCUT2D eigenvalue weighted by Crippen LogP contribution is 2.22. The minimum Gasteiger partial charge on any atom is -0.481 e. The first-order valence-corrected chi connectivity index (χ1v) is 9.39. The van der Waals surface area contributed by atoms with E-state index < -0.39 is 5.97 Å². The van der Waals surface area contributed by atoms with Crippen LogP contribution < -0.4 is 0 Å². The van der Waals surface area contributed by atoms with Crippen molar-refractivity contribution in [3.05, 3.63) is 34.9 Å². The Morgan fingerprint density at radius 2 is 2.22 bits per heavy atom. The van der Waals surface area contributed by atoms with Crippen LogP contribution in [0, 0.1) is 5.92 Å². The Kier molecular flexibility index (Phi) is 7.24. The first-order valence-electron chi connectivity index (χ1n) is 7.86. The maximum atomic E-state index is 12.3. The van der Waals surface area contributed by atoms with Crippen LogP contribution in [0.2, 0.25) is 5.02 Å². The van der Waals surface area contributed by atoms with Gasteiger partial charge in [-0.2, -0.15) is 0 Å². The first kappa shape index (κ1) is 18.1. The highest BCUT2D eigenvalue weighted by atomic mass is 35.5. The van der Waals surface area contributed by atoms with E-state index in [1.165, 1.54) is 0 Å². The average Bonchev–Trinajstić information content (AvgIpc) is 2.53. The van der Waals surface area contributed by atoms with Gasteiger partial charge in [-0.15, -0.1) is 11.8 Å². The molecule has 4 nitrogen and oxygen atoms in total. The molecule has 1 atom stereocenters. The van der Waals surface area contributed by atoms with Crippen LogP contribution in [0.4, 0.5) is 0 Å². The predicted molar refractivity (Wildman–Crippen MR) is 93.8 cm³/mol. The summed E-state index contributed by atoms with van der Waals surface area (Å²) in [5, 5.41) is 9.48. The van der Waals surface area contributed by atoms with Gasteiger partial charge in [0.2, 0.25) is 5.91 Å². The number of carboxylic acids is 1. The summed E-state index contributed by atoms with van der Waals surface area (Å²) < 4.78 is 0. The monoisotopic (exact) mass is 355 g/mol. The molecule has 0 aromatic heterocycles. The second kappa shape index (κ2) is 9.18. The fourth-order valence-corrected chi connectivity index (χ4v) is 3.92. The summed E-state index contributed by atoms with van der Waals surface area (Å²) in [7, 11) is 0. The molecule has 1 fully saturated rings. The number of amides is 1. The molecule has 1 aromatic carbocycles. The number of hydrogen-bond donors (Lipinski definition) is 1. The smallest absolute Gasteiger partial charge is 0.303 e. The zero-order valence-electron chi connectivity index (χ0n) is 13.0. The lowest BCUT2D eigenvalue weighted by Gasteiger charge is -2.32. The Bertz CT molecular complexity index is 552. The molecule has 6 heteroatoms. The number of carboxylic acid groups (broad SMARTS) is 1. The van der Waals surface area contributed by atoms with Gasteiger partial charge in [-0.05, 0) is 42.9 Å². The van der Waals surface area contributed by atoms with Crippen LogP contribution in [0.25, 0.3) is 0 Å². The van der Waals surface area contributed by atoms with Gasteiger partial charge in [-0.3, -0.25) is 9.59 Å². The van der Waals surface area contributed by atoms with Crippen LogP contribution in [0.15, 0.2) is 24.3 Å². The van der Waals surface area contributed by atoms with Gasteiger partial charge in [-0.25, -0.2) is 0 Å². The number of benzene rings is 1. The van der Waals surface area contributed by atoms with Crippen LogP contribution in [-0.4, -0.2) is 40.7 Å². The Balaban J connectivity index is 1.73. The molecule has 0 aliphatic carbocycles. The third-order valence-electron chi connectivity index (χ3n) is 4.02. The molecule has 1 heterocycles. The molecular formula is C17H22ClNO3S. The normalized spacial score (nSPS) is 18.0. The fourth-order valence-electron chi connectivity index (χ4n) is 2.83. The molecule has 1 aromatic rings. The quantitative estimate of drug-likeness (QED) is 0.810. The first-order chi connectivity index (χ1) is 11.0. The molecule has 1 aliphatic rings. The number of piperidine rings is 1. The molecular weight excluding hydrogens is 334 g/mol. The molecule has 0 spiro atoms. The molecule has 1 unspecified atom stereocenters. The number of halogens is 1. The van der Waals surface area contributed by atoms with Crippen molar-refractivity contribution in [2.24, 2.45) is 5.92 Å². The van der Waals surface area contributed by atoms with Crippen molar-refractivity contribution in [3.63, 3.8) is 0 Å². The van der Waals surface area contributed by atoms with Crippen molar-refractivity contribution in [2.75, 3.05) is 18.8 Å². The van der Waals surface area contributed by atoms with Gasteiger partial charge in [0.05, 0.1) is 5.75 Å². The van der Waals surface area contributed by atoms with Crippen LogP contribution in [0.3, 0.4) is 0 Å². The Hall–Kier alpha value is -1.20. The van der Waals surface area contributed by atoms with E-state index in [4.69, 9.17) is 16.7 Å². The molecule has 0 bridgehead atoms.